The highest BCUT2D eigenvalue weighted by Crippen LogP contribution is 2.25. The fourth-order valence-corrected chi connectivity index (χ4v) is 1.31. The van der Waals surface area contributed by atoms with Gasteiger partial charge in [-0.2, -0.15) is 5.10 Å². The highest BCUT2D eigenvalue weighted by molar-refractivity contribution is 5.25. The summed E-state index contributed by atoms with van der Waals surface area (Å²) in [5.41, 5.74) is -1.22. The molecule has 2 rings (SSSR count). The highest BCUT2D eigenvalue weighted by atomic mass is 16.5. The Morgan fingerprint density at radius 2 is 2.32 bits per heavy atom. The van der Waals surface area contributed by atoms with Gasteiger partial charge in [0.2, 0.25) is 0 Å². The van der Waals surface area contributed by atoms with E-state index < -0.39 is 79.8 Å². The van der Waals surface area contributed by atoms with Gasteiger partial charge in [-0.1, -0.05) is 30.2 Å². The van der Waals surface area contributed by atoms with Gasteiger partial charge in [-0.3, -0.25) is 4.68 Å². The van der Waals surface area contributed by atoms with Gasteiger partial charge in [0.25, 0.3) is 0 Å². The van der Waals surface area contributed by atoms with Crippen LogP contribution in [0.3, 0.4) is 0 Å². The second-order valence-corrected chi connectivity index (χ2v) is 3.54. The molecule has 0 aliphatic heterocycles. The first kappa shape index (κ1) is 4.72. The maximum Gasteiger partial charge on any atom is 0.124 e. The van der Waals surface area contributed by atoms with Crippen molar-refractivity contribution in [2.24, 2.45) is 7.05 Å². The molecular formula is C15H21N3O. The van der Waals surface area contributed by atoms with E-state index in [9.17, 15) is 0 Å². The first-order valence-corrected chi connectivity index (χ1v) is 5.34. The zero-order valence-corrected chi connectivity index (χ0v) is 10.5. The minimum Gasteiger partial charge on any atom is -0.366 e. The van der Waals surface area contributed by atoms with E-state index in [1.54, 1.807) is 0 Å². The van der Waals surface area contributed by atoms with Crippen LogP contribution >= 0.6 is 0 Å². The Hall–Kier alpha value is -1.65. The monoisotopic (exact) mass is 272 g/mol. The normalized spacial score (nSPS) is 25.7. The van der Waals surface area contributed by atoms with E-state index in [2.05, 4.69) is 5.10 Å². The molecule has 0 aliphatic rings. The predicted octanol–water partition coefficient (Wildman–Crippen LogP) is 2.09. The van der Waals surface area contributed by atoms with Gasteiger partial charge in [-0.15, -0.1) is 0 Å². The molecule has 1 atom stereocenters. The molecule has 1 aromatic carbocycles. The van der Waals surface area contributed by atoms with Crippen LogP contribution in [0.4, 0.5) is 0 Å². The molecule has 4 nitrogen and oxygen atoms in total. The van der Waals surface area contributed by atoms with Crippen molar-refractivity contribution in [3.05, 3.63) is 53.7 Å². The molecule has 0 fully saturated rings. The van der Waals surface area contributed by atoms with Crippen LogP contribution in [-0.2, 0) is 11.8 Å². The third-order valence-corrected chi connectivity index (χ3v) is 2.16. The summed E-state index contributed by atoms with van der Waals surface area (Å²) in [6, 6.07) is -4.61. The summed E-state index contributed by atoms with van der Waals surface area (Å²) < 4.78 is 109. The van der Waals surface area contributed by atoms with Crippen LogP contribution in [0.1, 0.15) is 35.2 Å². The lowest BCUT2D eigenvalue weighted by Crippen LogP contribution is -2.20. The quantitative estimate of drug-likeness (QED) is 0.806. The molecule has 2 aromatic rings. The van der Waals surface area contributed by atoms with Crippen molar-refractivity contribution in [3.8, 4) is 0 Å². The summed E-state index contributed by atoms with van der Waals surface area (Å²) >= 11 is 0. The fraction of sp³-hybridized carbons (Fsp3) is 0.400. The van der Waals surface area contributed by atoms with Crippen molar-refractivity contribution in [2.75, 3.05) is 27.1 Å². The van der Waals surface area contributed by atoms with Crippen molar-refractivity contribution in [1.82, 2.24) is 14.7 Å². The van der Waals surface area contributed by atoms with Gasteiger partial charge < -0.3 is 9.64 Å². The molecule has 0 spiro atoms. The average Bonchev–Trinajstić information content (AvgIpc) is 2.94. The molecule has 1 unspecified atom stereocenters. The second kappa shape index (κ2) is 6.50. The van der Waals surface area contributed by atoms with Crippen LogP contribution in [0, 0.1) is 0 Å². The number of rotatable bonds is 6. The summed E-state index contributed by atoms with van der Waals surface area (Å²) in [5.74, 6) is 0. The number of benzene rings is 1. The summed E-state index contributed by atoms with van der Waals surface area (Å²) in [7, 11) is 2.21. The highest BCUT2D eigenvalue weighted by Gasteiger charge is 2.17. The number of aromatic nitrogens is 2. The third kappa shape index (κ3) is 3.66. The maximum atomic E-state index is 8.94. The zero-order valence-electron chi connectivity index (χ0n) is 23.5. The van der Waals surface area contributed by atoms with Crippen LogP contribution in [0.15, 0.2) is 42.4 Å². The first-order valence-electron chi connectivity index (χ1n) is 11.8. The summed E-state index contributed by atoms with van der Waals surface area (Å²) in [5, 5.41) is 3.69. The molecule has 0 amide bonds. The van der Waals surface area contributed by atoms with Crippen LogP contribution in [-0.4, -0.2) is 41.8 Å². The summed E-state index contributed by atoms with van der Waals surface area (Å²) in [6.07, 6.45) is -3.38. The Bertz CT molecular complexity index is 1010. The van der Waals surface area contributed by atoms with Crippen LogP contribution in [0.2, 0.25) is 0 Å². The molecular weight excluding hydrogens is 238 g/mol. The molecule has 0 N–H and O–H groups in total. The number of hydrogen-bond donors (Lipinski definition) is 0. The largest absolute Gasteiger partial charge is 0.366 e. The number of nitrogens with zero attached hydrogens (tertiary/aromatic N) is 3. The molecule has 1 aromatic heterocycles. The van der Waals surface area contributed by atoms with Gasteiger partial charge in [0.1, 0.15) is 6.08 Å². The Kier molecular flexibility index (Phi) is 1.61. The molecule has 0 aliphatic carbocycles. The Morgan fingerprint density at radius 3 is 2.95 bits per heavy atom. The minimum absolute atomic E-state index is 0.378. The van der Waals surface area contributed by atoms with Crippen molar-refractivity contribution >= 4 is 0 Å². The van der Waals surface area contributed by atoms with Gasteiger partial charge in [-0.05, 0) is 25.6 Å². The van der Waals surface area contributed by atoms with Crippen molar-refractivity contribution in [2.45, 2.75) is 6.08 Å². The van der Waals surface area contributed by atoms with E-state index in [1.807, 2.05) is 0 Å². The van der Waals surface area contributed by atoms with E-state index in [4.69, 9.17) is 22.6 Å². The van der Waals surface area contributed by atoms with Crippen molar-refractivity contribution < 1.29 is 22.6 Å². The van der Waals surface area contributed by atoms with Crippen LogP contribution in [0.25, 0.3) is 0 Å². The SMILES string of the molecule is [2H]c1nn(C)c(C([2H])(OCC([2H])([2H])N(C)C([2H])([2H])[2H])c2c([2H])c([2H])c([2H])c([2H])c2[2H])c1[2H]. The first-order chi connectivity index (χ1) is 14.4. The van der Waals surface area contributed by atoms with E-state index in [-0.39, 0.29) is 0 Å². The number of ether oxygens (including phenoxy) is 1. The van der Waals surface area contributed by atoms with Gasteiger partial charge in [0, 0.05) is 26.6 Å². The summed E-state index contributed by atoms with van der Waals surface area (Å²) in [6.45, 7) is -6.64. The minimum atomic E-state index is -2.87. The molecule has 0 saturated carbocycles. The lowest BCUT2D eigenvalue weighted by molar-refractivity contribution is 0.0638. The maximum absolute atomic E-state index is 8.94. The van der Waals surface area contributed by atoms with Crippen LogP contribution in [0.5, 0.6) is 0 Å². The second-order valence-electron chi connectivity index (χ2n) is 3.54. The van der Waals surface area contributed by atoms with Gasteiger partial charge >= 0.3 is 0 Å². The standard InChI is InChI=1S/C15H21N3O/c1-17(2)11-12-19-15(13-7-5-4-6-8-13)14-9-10-16-18(14)3/h4-10,15H,11-12H2,1-3H3/i1D3,4D,5D,6D,7D,8D,9D,10D,11D2,15D. The van der Waals surface area contributed by atoms with Crippen molar-refractivity contribution in [3.63, 3.8) is 0 Å². The number of aryl methyl sites for hydroxylation is 1. The molecule has 1 heterocycles. The zero-order chi connectivity index (χ0) is 25.0. The molecule has 0 radical (unpaired) electrons. The Balaban J connectivity index is 2.78. The van der Waals surface area contributed by atoms with Gasteiger partial charge in [-0.25, -0.2) is 0 Å². The van der Waals surface area contributed by atoms with Gasteiger partial charge in [0.05, 0.1) is 23.3 Å². The molecule has 0 bridgehead atoms. The lowest BCUT2D eigenvalue weighted by Gasteiger charge is -2.20. The molecule has 4 heteroatoms. The number of likely N-dealkylation sites (N-methyl/N-ethyl adjacent to an activating group) is 1. The average molecular weight is 272 g/mol. The topological polar surface area (TPSA) is 30.3 Å². The Morgan fingerprint density at radius 1 is 1.53 bits per heavy atom. The third-order valence-electron chi connectivity index (χ3n) is 2.16. The summed E-state index contributed by atoms with van der Waals surface area (Å²) in [4.78, 5) is 0.378. The molecule has 102 valence electrons. The van der Waals surface area contributed by atoms with Crippen LogP contribution < -0.4 is 0 Å². The lowest BCUT2D eigenvalue weighted by atomic mass is 10.1. The smallest absolute Gasteiger partial charge is 0.124 e. The predicted molar refractivity (Wildman–Crippen MR) is 76.0 cm³/mol. The van der Waals surface area contributed by atoms with Gasteiger partial charge in [0.15, 0.2) is 0 Å². The fourth-order valence-electron chi connectivity index (χ4n) is 1.31. The van der Waals surface area contributed by atoms with E-state index in [0.29, 0.717) is 4.90 Å². The number of hydrogen-bond acceptors (Lipinski definition) is 3. The van der Waals surface area contributed by atoms with E-state index >= 15 is 0 Å². The van der Waals surface area contributed by atoms with E-state index in [1.165, 1.54) is 7.05 Å². The molecule has 19 heavy (non-hydrogen) atoms. The van der Waals surface area contributed by atoms with E-state index in [0.717, 1.165) is 11.7 Å². The van der Waals surface area contributed by atoms with Crippen molar-refractivity contribution in [1.29, 1.82) is 0 Å². The Labute approximate surface area is 132 Å². The molecule has 0 saturated heterocycles.